The summed E-state index contributed by atoms with van der Waals surface area (Å²) in [4.78, 5) is 0. The lowest BCUT2D eigenvalue weighted by Crippen LogP contribution is -2.36. The molecule has 4 heteroatoms. The average molecular weight is 302 g/mol. The number of rotatable bonds is 7. The lowest BCUT2D eigenvalue weighted by atomic mass is 10.2. The number of ether oxygens (including phenoxy) is 1. The number of aliphatic hydroxyl groups excluding tert-OH is 1. The van der Waals surface area contributed by atoms with Gasteiger partial charge in [-0.2, -0.15) is 0 Å². The lowest BCUT2D eigenvalue weighted by molar-refractivity contribution is 0.104. The van der Waals surface area contributed by atoms with Gasteiger partial charge in [-0.3, -0.25) is 0 Å². The van der Waals surface area contributed by atoms with E-state index in [1.54, 1.807) is 0 Å². The Morgan fingerprint density at radius 1 is 1.35 bits per heavy atom. The van der Waals surface area contributed by atoms with E-state index in [2.05, 4.69) is 35.1 Å². The topological polar surface area (TPSA) is 41.5 Å². The molecule has 0 fully saturated rings. The molecule has 0 amide bonds. The summed E-state index contributed by atoms with van der Waals surface area (Å²) in [5.41, 5.74) is 0. The first-order valence-electron chi connectivity index (χ1n) is 5.91. The van der Waals surface area contributed by atoms with Crippen molar-refractivity contribution in [2.75, 3.05) is 13.2 Å². The first kappa shape index (κ1) is 14.5. The number of hydrogen-bond donors (Lipinski definition) is 2. The second-order valence-electron chi connectivity index (χ2n) is 4.14. The van der Waals surface area contributed by atoms with Gasteiger partial charge < -0.3 is 15.2 Å². The van der Waals surface area contributed by atoms with Crippen LogP contribution in [0.3, 0.4) is 0 Å². The SMILES string of the molecule is CC[C@@H](C)NC[C@H](O)COc1ccc(Br)cc1. The highest BCUT2D eigenvalue weighted by molar-refractivity contribution is 9.10. The quantitative estimate of drug-likeness (QED) is 0.813. The molecule has 0 aliphatic heterocycles. The van der Waals surface area contributed by atoms with Gasteiger partial charge in [-0.25, -0.2) is 0 Å². The van der Waals surface area contributed by atoms with Crippen LogP contribution < -0.4 is 10.1 Å². The Hall–Kier alpha value is -0.580. The summed E-state index contributed by atoms with van der Waals surface area (Å²) in [7, 11) is 0. The molecule has 0 spiro atoms. The van der Waals surface area contributed by atoms with Crippen LogP contribution in [-0.4, -0.2) is 30.4 Å². The highest BCUT2D eigenvalue weighted by Gasteiger charge is 2.06. The molecule has 0 aromatic heterocycles. The predicted molar refractivity (Wildman–Crippen MR) is 73.4 cm³/mol. The van der Waals surface area contributed by atoms with Crippen molar-refractivity contribution in [1.82, 2.24) is 5.32 Å². The standard InChI is InChI=1S/C13H20BrNO2/c1-3-10(2)15-8-12(16)9-17-13-6-4-11(14)5-7-13/h4-7,10,12,15-16H,3,8-9H2,1-2H3/t10-,12+/m1/s1. The molecule has 1 rings (SSSR count). The maximum atomic E-state index is 9.71. The molecule has 96 valence electrons. The van der Waals surface area contributed by atoms with E-state index in [0.717, 1.165) is 16.6 Å². The molecule has 17 heavy (non-hydrogen) atoms. The van der Waals surface area contributed by atoms with Gasteiger partial charge in [0.15, 0.2) is 0 Å². The maximum absolute atomic E-state index is 9.71. The van der Waals surface area contributed by atoms with E-state index in [-0.39, 0.29) is 0 Å². The van der Waals surface area contributed by atoms with Crippen LogP contribution in [0.1, 0.15) is 20.3 Å². The number of nitrogens with one attached hydrogen (secondary N) is 1. The normalized spacial score (nSPS) is 14.4. The third-order valence-electron chi connectivity index (χ3n) is 2.57. The Morgan fingerprint density at radius 3 is 2.59 bits per heavy atom. The van der Waals surface area contributed by atoms with Gasteiger partial charge in [-0.05, 0) is 37.6 Å². The number of hydrogen-bond acceptors (Lipinski definition) is 3. The molecule has 2 N–H and O–H groups in total. The molecule has 0 heterocycles. The zero-order valence-electron chi connectivity index (χ0n) is 10.3. The van der Waals surface area contributed by atoms with Gasteiger partial charge in [0.05, 0.1) is 0 Å². The molecule has 0 saturated carbocycles. The molecular weight excluding hydrogens is 282 g/mol. The third kappa shape index (κ3) is 6.05. The fourth-order valence-corrected chi connectivity index (χ4v) is 1.53. The number of halogens is 1. The van der Waals surface area contributed by atoms with Gasteiger partial charge in [0, 0.05) is 17.1 Å². The van der Waals surface area contributed by atoms with E-state index in [0.29, 0.717) is 19.2 Å². The van der Waals surface area contributed by atoms with Crippen molar-refractivity contribution in [3.05, 3.63) is 28.7 Å². The number of aliphatic hydroxyl groups is 1. The summed E-state index contributed by atoms with van der Waals surface area (Å²) < 4.78 is 6.50. The van der Waals surface area contributed by atoms with Gasteiger partial charge >= 0.3 is 0 Å². The van der Waals surface area contributed by atoms with Crippen LogP contribution in [0, 0.1) is 0 Å². The van der Waals surface area contributed by atoms with E-state index in [1.807, 2.05) is 24.3 Å². The molecule has 0 bridgehead atoms. The summed E-state index contributed by atoms with van der Waals surface area (Å²) in [6, 6.07) is 8.01. The highest BCUT2D eigenvalue weighted by atomic mass is 79.9. The summed E-state index contributed by atoms with van der Waals surface area (Å²) in [6.07, 6.45) is 0.577. The van der Waals surface area contributed by atoms with Gasteiger partial charge in [0.25, 0.3) is 0 Å². The fourth-order valence-electron chi connectivity index (χ4n) is 1.26. The monoisotopic (exact) mass is 301 g/mol. The summed E-state index contributed by atoms with van der Waals surface area (Å²) in [5.74, 6) is 0.774. The van der Waals surface area contributed by atoms with Crippen molar-refractivity contribution >= 4 is 15.9 Å². The molecule has 1 aromatic rings. The van der Waals surface area contributed by atoms with Gasteiger partial charge in [-0.15, -0.1) is 0 Å². The van der Waals surface area contributed by atoms with Crippen LogP contribution >= 0.6 is 15.9 Å². The van der Waals surface area contributed by atoms with Crippen molar-refractivity contribution in [3.8, 4) is 5.75 Å². The zero-order valence-corrected chi connectivity index (χ0v) is 11.9. The van der Waals surface area contributed by atoms with E-state index in [4.69, 9.17) is 4.74 Å². The Morgan fingerprint density at radius 2 is 2.00 bits per heavy atom. The van der Waals surface area contributed by atoms with E-state index >= 15 is 0 Å². The van der Waals surface area contributed by atoms with Crippen LogP contribution in [0.5, 0.6) is 5.75 Å². The first-order valence-corrected chi connectivity index (χ1v) is 6.71. The van der Waals surface area contributed by atoms with Gasteiger partial charge in [0.2, 0.25) is 0 Å². The molecule has 0 unspecified atom stereocenters. The summed E-state index contributed by atoms with van der Waals surface area (Å²) >= 11 is 3.36. The lowest BCUT2D eigenvalue weighted by Gasteiger charge is -2.16. The zero-order chi connectivity index (χ0) is 12.7. The molecular formula is C13H20BrNO2. The minimum atomic E-state index is -0.479. The van der Waals surface area contributed by atoms with Crippen molar-refractivity contribution in [2.45, 2.75) is 32.4 Å². The Kier molecular flexibility index (Phi) is 6.55. The minimum Gasteiger partial charge on any atom is -0.491 e. The summed E-state index contributed by atoms with van der Waals surface area (Å²) in [6.45, 7) is 5.08. The molecule has 1 aromatic carbocycles. The molecule has 0 aliphatic carbocycles. The van der Waals surface area contributed by atoms with E-state index < -0.39 is 6.10 Å². The van der Waals surface area contributed by atoms with Crippen molar-refractivity contribution in [1.29, 1.82) is 0 Å². The first-order chi connectivity index (χ1) is 8.11. The second-order valence-corrected chi connectivity index (χ2v) is 5.05. The highest BCUT2D eigenvalue weighted by Crippen LogP contribution is 2.16. The van der Waals surface area contributed by atoms with Crippen LogP contribution in [0.4, 0.5) is 0 Å². The predicted octanol–water partition coefficient (Wildman–Crippen LogP) is 2.58. The molecule has 0 aliphatic rings. The van der Waals surface area contributed by atoms with Crippen LogP contribution in [0.15, 0.2) is 28.7 Å². The second kappa shape index (κ2) is 7.69. The minimum absolute atomic E-state index is 0.311. The van der Waals surface area contributed by atoms with E-state index in [9.17, 15) is 5.11 Å². The Bertz CT molecular complexity index is 316. The summed E-state index contributed by atoms with van der Waals surface area (Å²) in [5, 5.41) is 13.0. The maximum Gasteiger partial charge on any atom is 0.119 e. The Labute approximate surface area is 111 Å². The fraction of sp³-hybridized carbons (Fsp3) is 0.538. The number of benzene rings is 1. The van der Waals surface area contributed by atoms with Crippen LogP contribution in [-0.2, 0) is 0 Å². The van der Waals surface area contributed by atoms with Crippen LogP contribution in [0.25, 0.3) is 0 Å². The van der Waals surface area contributed by atoms with Crippen LogP contribution in [0.2, 0.25) is 0 Å². The molecule has 2 atom stereocenters. The van der Waals surface area contributed by atoms with Gasteiger partial charge in [0.1, 0.15) is 18.5 Å². The average Bonchev–Trinajstić information content (AvgIpc) is 2.35. The third-order valence-corrected chi connectivity index (χ3v) is 3.10. The van der Waals surface area contributed by atoms with E-state index in [1.165, 1.54) is 0 Å². The Balaban J connectivity index is 2.23. The van der Waals surface area contributed by atoms with Gasteiger partial charge in [-0.1, -0.05) is 22.9 Å². The van der Waals surface area contributed by atoms with Crippen molar-refractivity contribution in [3.63, 3.8) is 0 Å². The smallest absolute Gasteiger partial charge is 0.119 e. The molecule has 0 radical (unpaired) electrons. The van der Waals surface area contributed by atoms with Crippen molar-refractivity contribution in [2.24, 2.45) is 0 Å². The molecule has 0 saturated heterocycles. The van der Waals surface area contributed by atoms with Crippen molar-refractivity contribution < 1.29 is 9.84 Å². The largest absolute Gasteiger partial charge is 0.491 e. The molecule has 3 nitrogen and oxygen atoms in total.